The number of hydrogen-bond acceptors (Lipinski definition) is 5. The molecule has 2 aromatic rings. The molecule has 2 fully saturated rings. The van der Waals surface area contributed by atoms with Gasteiger partial charge >= 0.3 is 12.1 Å². The Labute approximate surface area is 204 Å². The van der Waals surface area contributed by atoms with E-state index in [2.05, 4.69) is 35.1 Å². The number of ether oxygens (including phenoxy) is 1. The highest BCUT2D eigenvalue weighted by Crippen LogP contribution is 2.44. The van der Waals surface area contributed by atoms with Gasteiger partial charge in [0, 0.05) is 18.4 Å². The maximum atomic E-state index is 12.5. The van der Waals surface area contributed by atoms with Crippen LogP contribution >= 0.6 is 0 Å². The maximum absolute atomic E-state index is 12.5. The second kappa shape index (κ2) is 10.1. The Morgan fingerprint density at radius 1 is 0.943 bits per heavy atom. The predicted octanol–water partition coefficient (Wildman–Crippen LogP) is 3.99. The van der Waals surface area contributed by atoms with E-state index in [0.717, 1.165) is 25.7 Å². The minimum Gasteiger partial charge on any atom is -0.479 e. The zero-order valence-electron chi connectivity index (χ0n) is 19.4. The van der Waals surface area contributed by atoms with E-state index >= 15 is 0 Å². The molecule has 184 valence electrons. The van der Waals surface area contributed by atoms with Crippen molar-refractivity contribution in [3.63, 3.8) is 0 Å². The molecule has 0 heterocycles. The molecule has 2 aromatic carbocycles. The number of fused-ring (bicyclic) bond motifs is 3. The summed E-state index contributed by atoms with van der Waals surface area (Å²) in [5, 5.41) is 12.1. The monoisotopic (exact) mass is 478 g/mol. The number of carbonyl (C=O) groups excluding carboxylic acids is 2. The summed E-state index contributed by atoms with van der Waals surface area (Å²) < 4.78 is 5.63. The normalized spacial score (nSPS) is 21.6. The Hall–Kier alpha value is -3.39. The van der Waals surface area contributed by atoms with Crippen LogP contribution in [0.4, 0.5) is 4.79 Å². The Morgan fingerprint density at radius 3 is 2.23 bits per heavy atom. The number of nitrogens with one attached hydrogen (secondary N) is 2. The maximum Gasteiger partial charge on any atom is 0.407 e. The molecule has 8 nitrogen and oxygen atoms in total. The first kappa shape index (κ1) is 23.4. The van der Waals surface area contributed by atoms with Crippen LogP contribution in [0.25, 0.3) is 11.1 Å². The summed E-state index contributed by atoms with van der Waals surface area (Å²) in [5.41, 5.74) is 7.01. The fraction of sp³-hybridized carbons (Fsp3) is 0.444. The van der Waals surface area contributed by atoms with Crippen LogP contribution in [0.15, 0.2) is 48.5 Å². The van der Waals surface area contributed by atoms with Gasteiger partial charge in [-0.25, -0.2) is 15.1 Å². The number of hydroxylamine groups is 1. The molecule has 2 amide bonds. The number of carboxylic acids is 1. The molecule has 0 aliphatic heterocycles. The van der Waals surface area contributed by atoms with Crippen molar-refractivity contribution in [1.82, 2.24) is 10.8 Å². The quantitative estimate of drug-likeness (QED) is 0.470. The molecule has 0 radical (unpaired) electrons. The number of amides is 2. The molecule has 3 aliphatic rings. The highest BCUT2D eigenvalue weighted by Gasteiger charge is 2.38. The van der Waals surface area contributed by atoms with Gasteiger partial charge in [0.25, 0.3) is 0 Å². The minimum absolute atomic E-state index is 0.0124. The third-order valence-corrected chi connectivity index (χ3v) is 7.27. The molecule has 0 saturated heterocycles. The second-order valence-corrected chi connectivity index (χ2v) is 9.79. The van der Waals surface area contributed by atoms with E-state index in [0.29, 0.717) is 6.42 Å². The SMILES string of the molecule is O=C(C[C@H]1CC[C@@H](NC(=O)OCC2c3ccccc3-c3ccccc32)C1)NOC(C(=O)O)C1CC1. The topological polar surface area (TPSA) is 114 Å². The van der Waals surface area contributed by atoms with Gasteiger partial charge in [-0.15, -0.1) is 0 Å². The lowest BCUT2D eigenvalue weighted by molar-refractivity contribution is -0.162. The molecule has 5 rings (SSSR count). The molecule has 3 atom stereocenters. The highest BCUT2D eigenvalue weighted by atomic mass is 16.7. The average Bonchev–Trinajstić information content (AvgIpc) is 3.50. The van der Waals surface area contributed by atoms with Crippen LogP contribution in [-0.4, -0.2) is 41.8 Å². The number of hydrogen-bond donors (Lipinski definition) is 3. The summed E-state index contributed by atoms with van der Waals surface area (Å²) in [5.74, 6) is -1.30. The number of aliphatic carboxylic acids is 1. The van der Waals surface area contributed by atoms with Crippen molar-refractivity contribution in [1.29, 1.82) is 0 Å². The van der Waals surface area contributed by atoms with Crippen molar-refractivity contribution in [3.05, 3.63) is 59.7 Å². The first-order valence-electron chi connectivity index (χ1n) is 12.3. The van der Waals surface area contributed by atoms with Gasteiger partial charge in [-0.2, -0.15) is 0 Å². The smallest absolute Gasteiger partial charge is 0.407 e. The van der Waals surface area contributed by atoms with Crippen molar-refractivity contribution < 1.29 is 29.1 Å². The third-order valence-electron chi connectivity index (χ3n) is 7.27. The van der Waals surface area contributed by atoms with Gasteiger partial charge < -0.3 is 15.2 Å². The first-order chi connectivity index (χ1) is 17.0. The summed E-state index contributed by atoms with van der Waals surface area (Å²) in [4.78, 5) is 41.1. The Bertz CT molecular complexity index is 1070. The van der Waals surface area contributed by atoms with Gasteiger partial charge in [-0.3, -0.25) is 9.63 Å². The highest BCUT2D eigenvalue weighted by molar-refractivity contribution is 5.79. The average molecular weight is 479 g/mol. The number of carboxylic acid groups (broad SMARTS) is 1. The molecule has 3 N–H and O–H groups in total. The van der Waals surface area contributed by atoms with Crippen LogP contribution in [0.2, 0.25) is 0 Å². The van der Waals surface area contributed by atoms with Crippen molar-refractivity contribution >= 4 is 18.0 Å². The van der Waals surface area contributed by atoms with Crippen LogP contribution in [0.5, 0.6) is 0 Å². The Kier molecular flexibility index (Phi) is 6.72. The third kappa shape index (κ3) is 5.32. The summed E-state index contributed by atoms with van der Waals surface area (Å²) in [6.45, 7) is 0.265. The predicted molar refractivity (Wildman–Crippen MR) is 127 cm³/mol. The summed E-state index contributed by atoms with van der Waals surface area (Å²) in [6, 6.07) is 16.4. The molecule has 0 bridgehead atoms. The number of alkyl carbamates (subject to hydrolysis) is 1. The van der Waals surface area contributed by atoms with E-state index in [-0.39, 0.29) is 42.7 Å². The van der Waals surface area contributed by atoms with Crippen LogP contribution in [0.1, 0.15) is 55.6 Å². The second-order valence-electron chi connectivity index (χ2n) is 9.79. The fourth-order valence-corrected chi connectivity index (χ4v) is 5.38. The van der Waals surface area contributed by atoms with Crippen LogP contribution in [-0.2, 0) is 19.2 Å². The standard InChI is InChI=1S/C27H30N2O6/c30-24(29-35-25(26(31)32)17-10-11-17)14-16-9-12-18(13-16)28-27(33)34-15-23-21-7-3-1-5-19(21)20-6-2-4-8-22(20)23/h1-8,16-18,23,25H,9-15H2,(H,28,33)(H,29,30)(H,31,32)/t16-,18+,25?/m0/s1. The van der Waals surface area contributed by atoms with Crippen molar-refractivity contribution in [2.75, 3.05) is 6.61 Å². The van der Waals surface area contributed by atoms with Gasteiger partial charge in [0.2, 0.25) is 5.91 Å². The fourth-order valence-electron chi connectivity index (χ4n) is 5.38. The van der Waals surface area contributed by atoms with Crippen LogP contribution < -0.4 is 10.8 Å². The van der Waals surface area contributed by atoms with Crippen molar-refractivity contribution in [2.24, 2.45) is 11.8 Å². The summed E-state index contributed by atoms with van der Waals surface area (Å²) >= 11 is 0. The molecule has 0 aromatic heterocycles. The number of carbonyl (C=O) groups is 3. The zero-order chi connectivity index (χ0) is 24.4. The number of benzene rings is 2. The molecular weight excluding hydrogens is 448 g/mol. The van der Waals surface area contributed by atoms with Gasteiger partial charge in [0.15, 0.2) is 6.10 Å². The largest absolute Gasteiger partial charge is 0.479 e. The lowest BCUT2D eigenvalue weighted by Crippen LogP contribution is -2.36. The molecule has 1 unspecified atom stereocenters. The first-order valence-corrected chi connectivity index (χ1v) is 12.3. The zero-order valence-corrected chi connectivity index (χ0v) is 19.4. The van der Waals surface area contributed by atoms with Crippen LogP contribution in [0, 0.1) is 11.8 Å². The van der Waals surface area contributed by atoms with Crippen molar-refractivity contribution in [3.8, 4) is 11.1 Å². The van der Waals surface area contributed by atoms with Crippen LogP contribution in [0.3, 0.4) is 0 Å². The van der Waals surface area contributed by atoms with E-state index in [1.807, 2.05) is 24.3 Å². The van der Waals surface area contributed by atoms with E-state index in [4.69, 9.17) is 9.57 Å². The summed E-state index contributed by atoms with van der Waals surface area (Å²) in [7, 11) is 0. The summed E-state index contributed by atoms with van der Waals surface area (Å²) in [6.07, 6.45) is 2.65. The molecule has 35 heavy (non-hydrogen) atoms. The molecule has 0 spiro atoms. The lowest BCUT2D eigenvalue weighted by atomic mass is 9.98. The molecule has 8 heteroatoms. The minimum atomic E-state index is -1.05. The molecule has 3 aliphatic carbocycles. The number of rotatable bonds is 9. The Balaban J connectivity index is 1.07. The lowest BCUT2D eigenvalue weighted by Gasteiger charge is -2.17. The van der Waals surface area contributed by atoms with Gasteiger partial charge in [-0.05, 0) is 66.2 Å². The van der Waals surface area contributed by atoms with E-state index < -0.39 is 18.2 Å². The molecular formula is C27H30N2O6. The van der Waals surface area contributed by atoms with E-state index in [1.165, 1.54) is 22.3 Å². The van der Waals surface area contributed by atoms with Gasteiger partial charge in [0.05, 0.1) is 0 Å². The van der Waals surface area contributed by atoms with Gasteiger partial charge in [0.1, 0.15) is 6.61 Å². The van der Waals surface area contributed by atoms with E-state index in [1.54, 1.807) is 0 Å². The van der Waals surface area contributed by atoms with E-state index in [9.17, 15) is 19.5 Å². The Morgan fingerprint density at radius 2 is 1.60 bits per heavy atom. The van der Waals surface area contributed by atoms with Gasteiger partial charge in [-0.1, -0.05) is 48.5 Å². The molecule has 2 saturated carbocycles. The van der Waals surface area contributed by atoms with Crippen molar-refractivity contribution in [2.45, 2.75) is 56.6 Å².